The molecule has 0 aromatic heterocycles. The third kappa shape index (κ3) is 9.33. The summed E-state index contributed by atoms with van der Waals surface area (Å²) >= 11 is 0. The van der Waals surface area contributed by atoms with Gasteiger partial charge in [0.15, 0.2) is 0 Å². The summed E-state index contributed by atoms with van der Waals surface area (Å²) in [6.45, 7) is 1.46. The number of nitrogens with two attached hydrogens (primary N) is 1. The highest BCUT2D eigenvalue weighted by atomic mass is 31.2. The van der Waals surface area contributed by atoms with Gasteiger partial charge in [-0.05, 0) is 63.1 Å². The van der Waals surface area contributed by atoms with E-state index < -0.39 is 85.9 Å². The summed E-state index contributed by atoms with van der Waals surface area (Å²) in [5, 5.41) is 33.8. The van der Waals surface area contributed by atoms with Crippen molar-refractivity contribution in [3.8, 4) is 0 Å². The van der Waals surface area contributed by atoms with Crippen LogP contribution in [0.2, 0.25) is 0 Å². The van der Waals surface area contributed by atoms with Crippen LogP contribution < -0.4 is 21.7 Å². The van der Waals surface area contributed by atoms with Crippen molar-refractivity contribution in [2.45, 2.75) is 88.2 Å². The Labute approximate surface area is 264 Å². The smallest absolute Gasteiger partial charge is 0.356 e. The van der Waals surface area contributed by atoms with Gasteiger partial charge < -0.3 is 51.3 Å². The van der Waals surface area contributed by atoms with Crippen LogP contribution in [0.4, 0.5) is 0 Å². The Hall–Kier alpha value is -3.89. The lowest BCUT2D eigenvalue weighted by molar-refractivity contribution is -0.150. The van der Waals surface area contributed by atoms with Gasteiger partial charge in [-0.1, -0.05) is 12.1 Å². The van der Waals surface area contributed by atoms with Crippen molar-refractivity contribution in [2.24, 2.45) is 5.73 Å². The molecule has 4 amide bonds. The van der Waals surface area contributed by atoms with E-state index in [0.29, 0.717) is 18.4 Å². The molecule has 1 aromatic carbocycles. The van der Waals surface area contributed by atoms with Gasteiger partial charge in [-0.15, -0.1) is 0 Å². The Morgan fingerprint density at radius 1 is 0.935 bits per heavy atom. The van der Waals surface area contributed by atoms with E-state index in [1.165, 1.54) is 31.2 Å². The number of rotatable bonds is 14. The van der Waals surface area contributed by atoms with E-state index in [2.05, 4.69) is 10.6 Å². The van der Waals surface area contributed by atoms with Crippen molar-refractivity contribution in [1.82, 2.24) is 20.4 Å². The van der Waals surface area contributed by atoms with Crippen LogP contribution in [0, 0.1) is 0 Å². The lowest BCUT2D eigenvalue weighted by Gasteiger charge is -2.32. The zero-order valence-electron chi connectivity index (χ0n) is 25.2. The van der Waals surface area contributed by atoms with Gasteiger partial charge in [0, 0.05) is 19.5 Å². The number of hydrogen-bond acceptors (Lipinski definition) is 9. The molecule has 1 aromatic rings. The van der Waals surface area contributed by atoms with Gasteiger partial charge in [0.2, 0.25) is 23.6 Å². The number of hydrogen-bond donors (Lipinski definition) is 8. The van der Waals surface area contributed by atoms with Crippen molar-refractivity contribution in [2.75, 3.05) is 13.1 Å². The zero-order valence-corrected chi connectivity index (χ0v) is 26.0. The Kier molecular flexibility index (Phi) is 12.4. The maximum absolute atomic E-state index is 13.5. The first kappa shape index (κ1) is 36.6. The van der Waals surface area contributed by atoms with Gasteiger partial charge >= 0.3 is 19.5 Å². The minimum absolute atomic E-state index is 0.0613. The Balaban J connectivity index is 1.70. The molecule has 0 spiro atoms. The lowest BCUT2D eigenvalue weighted by Crippen LogP contribution is -2.60. The molecule has 2 heterocycles. The number of likely N-dealkylation sites (tertiary alicyclic amines) is 2. The summed E-state index contributed by atoms with van der Waals surface area (Å²) < 4.78 is 11.4. The standard InChI is InChI=1S/C28H40N5O12P/c1-15(34)23(31-24(37)18(29)14-16-6-8-17(9-7-16)46(43,44)45)27(40)32-12-2-4-20(32)25(38)30-19(10-11-22(35)36)26(39)33-13-3-5-21(33)28(41)42/h6-9,15,18-21,23,34H,2-5,10-14,29H2,1H3,(H,30,38)(H,31,37)(H,35,36)(H,41,42)(H2,43,44,45)/t15-,18+,19+,20+,21+,23+/m1/s1. The third-order valence-corrected chi connectivity index (χ3v) is 9.00. The number of carboxylic acid groups (broad SMARTS) is 2. The monoisotopic (exact) mass is 669 g/mol. The minimum atomic E-state index is -4.46. The fourth-order valence-corrected chi connectivity index (χ4v) is 6.12. The van der Waals surface area contributed by atoms with E-state index >= 15 is 0 Å². The first-order valence-electron chi connectivity index (χ1n) is 14.8. The summed E-state index contributed by atoms with van der Waals surface area (Å²) in [7, 11) is -4.46. The molecule has 254 valence electrons. The number of nitrogens with one attached hydrogen (secondary N) is 2. The quantitative estimate of drug-likeness (QED) is 0.0964. The molecule has 46 heavy (non-hydrogen) atoms. The van der Waals surface area contributed by atoms with Crippen molar-refractivity contribution in [3.05, 3.63) is 29.8 Å². The molecule has 0 unspecified atom stereocenters. The lowest BCUT2D eigenvalue weighted by atomic mass is 10.0. The Bertz CT molecular complexity index is 1370. The van der Waals surface area contributed by atoms with E-state index in [1.807, 2.05) is 0 Å². The third-order valence-electron chi connectivity index (χ3n) is 8.03. The van der Waals surface area contributed by atoms with Crippen LogP contribution in [-0.2, 0) is 39.8 Å². The molecule has 2 aliphatic heterocycles. The summed E-state index contributed by atoms with van der Waals surface area (Å²) in [6.07, 6.45) is -1.09. The van der Waals surface area contributed by atoms with Gasteiger partial charge in [0.05, 0.1) is 17.5 Å². The molecule has 6 atom stereocenters. The summed E-state index contributed by atoms with van der Waals surface area (Å²) in [5.74, 6) is -5.56. The molecule has 2 aliphatic rings. The second-order valence-corrected chi connectivity index (χ2v) is 13.1. The van der Waals surface area contributed by atoms with Crippen LogP contribution in [0.5, 0.6) is 0 Å². The Morgan fingerprint density at radius 3 is 2.02 bits per heavy atom. The number of carbonyl (C=O) groups is 6. The average Bonchev–Trinajstić information content (AvgIpc) is 3.67. The van der Waals surface area contributed by atoms with Crippen molar-refractivity contribution < 1.29 is 58.4 Å². The highest BCUT2D eigenvalue weighted by Gasteiger charge is 2.42. The molecule has 0 bridgehead atoms. The van der Waals surface area contributed by atoms with E-state index in [9.17, 15) is 58.4 Å². The molecule has 0 radical (unpaired) electrons. The van der Waals surface area contributed by atoms with Crippen molar-refractivity contribution in [1.29, 1.82) is 0 Å². The summed E-state index contributed by atoms with van der Waals surface area (Å²) in [4.78, 5) is 96.8. The largest absolute Gasteiger partial charge is 0.481 e. The second-order valence-electron chi connectivity index (χ2n) is 11.5. The van der Waals surface area contributed by atoms with Gasteiger partial charge in [0.25, 0.3) is 0 Å². The molecule has 2 fully saturated rings. The molecule has 18 heteroatoms. The highest BCUT2D eigenvalue weighted by Crippen LogP contribution is 2.32. The van der Waals surface area contributed by atoms with Crippen molar-refractivity contribution >= 4 is 48.5 Å². The highest BCUT2D eigenvalue weighted by molar-refractivity contribution is 7.60. The molecule has 0 aliphatic carbocycles. The van der Waals surface area contributed by atoms with Crippen LogP contribution in [-0.4, -0.2) is 120 Å². The van der Waals surface area contributed by atoms with Crippen LogP contribution in [0.1, 0.15) is 51.0 Å². The molecular formula is C28H40N5O12P. The fraction of sp³-hybridized carbons (Fsp3) is 0.571. The first-order chi connectivity index (χ1) is 21.5. The number of aliphatic hydroxyl groups excluding tert-OH is 1. The Morgan fingerprint density at radius 2 is 1.50 bits per heavy atom. The molecular weight excluding hydrogens is 629 g/mol. The van der Waals surface area contributed by atoms with Gasteiger partial charge in [-0.2, -0.15) is 0 Å². The number of amides is 4. The number of benzene rings is 1. The molecule has 2 saturated heterocycles. The number of carboxylic acids is 2. The molecule has 17 nitrogen and oxygen atoms in total. The topological polar surface area (TPSA) is 277 Å². The maximum atomic E-state index is 13.5. The van der Waals surface area contributed by atoms with E-state index in [-0.39, 0.29) is 44.1 Å². The number of aliphatic hydroxyl groups is 1. The van der Waals surface area contributed by atoms with Crippen LogP contribution in [0.15, 0.2) is 24.3 Å². The minimum Gasteiger partial charge on any atom is -0.481 e. The average molecular weight is 670 g/mol. The van der Waals surface area contributed by atoms with Crippen LogP contribution >= 0.6 is 7.60 Å². The van der Waals surface area contributed by atoms with Gasteiger partial charge in [-0.3, -0.25) is 28.5 Å². The first-order valence-corrected chi connectivity index (χ1v) is 16.4. The molecule has 3 rings (SSSR count). The van der Waals surface area contributed by atoms with E-state index in [4.69, 9.17) is 5.73 Å². The van der Waals surface area contributed by atoms with Crippen LogP contribution in [0.3, 0.4) is 0 Å². The SMILES string of the molecule is C[C@@H](O)[C@H](NC(=O)[C@@H](N)Cc1ccc(P(=O)(O)O)cc1)C(=O)N1CCC[C@H]1C(=O)N[C@@H](CCC(=O)O)C(=O)N1CCC[C@H]1C(=O)O. The number of aliphatic carboxylic acids is 2. The summed E-state index contributed by atoms with van der Waals surface area (Å²) in [6, 6.07) is -1.11. The maximum Gasteiger partial charge on any atom is 0.356 e. The fourth-order valence-electron chi connectivity index (χ4n) is 5.58. The van der Waals surface area contributed by atoms with Crippen molar-refractivity contribution in [3.63, 3.8) is 0 Å². The normalized spacial score (nSPS) is 20.8. The van der Waals surface area contributed by atoms with Crippen LogP contribution in [0.25, 0.3) is 0 Å². The van der Waals surface area contributed by atoms with Gasteiger partial charge in [-0.25, -0.2) is 4.79 Å². The number of nitrogens with zero attached hydrogens (tertiary/aromatic N) is 2. The van der Waals surface area contributed by atoms with Gasteiger partial charge in [0.1, 0.15) is 24.2 Å². The number of carbonyl (C=O) groups excluding carboxylic acids is 4. The zero-order chi connectivity index (χ0) is 34.3. The predicted octanol–water partition coefficient (Wildman–Crippen LogP) is -2.36. The second kappa shape index (κ2) is 15.6. The summed E-state index contributed by atoms with van der Waals surface area (Å²) in [5.41, 5.74) is 6.49. The molecule has 9 N–H and O–H groups in total. The van der Waals surface area contributed by atoms with E-state index in [1.54, 1.807) is 0 Å². The predicted molar refractivity (Wildman–Crippen MR) is 159 cm³/mol. The molecule has 0 saturated carbocycles. The van der Waals surface area contributed by atoms with E-state index in [0.717, 1.165) is 9.80 Å².